The lowest BCUT2D eigenvalue weighted by molar-refractivity contribution is 0.221. The van der Waals surface area contributed by atoms with E-state index >= 15 is 0 Å². The number of guanidine groups is 1. The summed E-state index contributed by atoms with van der Waals surface area (Å²) in [5, 5.41) is 15.4. The van der Waals surface area contributed by atoms with Crippen LogP contribution in [0.5, 0.6) is 0 Å². The van der Waals surface area contributed by atoms with Gasteiger partial charge in [-0.1, -0.05) is 26.2 Å². The monoisotopic (exact) mass is 569 g/mol. The Morgan fingerprint density at radius 1 is 1.18 bits per heavy atom. The van der Waals surface area contributed by atoms with Crippen LogP contribution in [0, 0.1) is 5.92 Å². The molecule has 0 aromatic carbocycles. The molecule has 1 atom stereocenters. The SMILES string of the molecule is CCc1nncn1CCNC(=NCC(c1ccco1)N1CCCC1)NCC1CCCCC1.I. The highest BCUT2D eigenvalue weighted by Gasteiger charge is 2.25. The van der Waals surface area contributed by atoms with Crippen LogP contribution in [0.1, 0.15) is 69.5 Å². The third-order valence-corrected chi connectivity index (χ3v) is 6.82. The van der Waals surface area contributed by atoms with Crippen molar-refractivity contribution in [2.45, 2.75) is 70.9 Å². The Balaban J connectivity index is 0.00000306. The molecule has 33 heavy (non-hydrogen) atoms. The number of rotatable bonds is 10. The Labute approximate surface area is 215 Å². The van der Waals surface area contributed by atoms with Gasteiger partial charge < -0.3 is 19.6 Å². The molecule has 1 saturated carbocycles. The molecule has 2 aliphatic rings. The third-order valence-electron chi connectivity index (χ3n) is 6.82. The Morgan fingerprint density at radius 2 is 2.00 bits per heavy atom. The summed E-state index contributed by atoms with van der Waals surface area (Å²) in [7, 11) is 0. The number of aromatic nitrogens is 3. The third kappa shape index (κ3) is 7.70. The van der Waals surface area contributed by atoms with Gasteiger partial charge in [-0.05, 0) is 56.8 Å². The zero-order valence-electron chi connectivity index (χ0n) is 19.9. The average Bonchev–Trinajstić information content (AvgIpc) is 3.61. The molecule has 9 heteroatoms. The summed E-state index contributed by atoms with van der Waals surface area (Å²) < 4.78 is 7.89. The molecular formula is C24H40IN7O. The van der Waals surface area contributed by atoms with Gasteiger partial charge in [-0.2, -0.15) is 0 Å². The number of hydrogen-bond acceptors (Lipinski definition) is 5. The topological polar surface area (TPSA) is 83.5 Å². The molecule has 0 radical (unpaired) electrons. The van der Waals surface area contributed by atoms with Gasteiger partial charge in [0, 0.05) is 26.1 Å². The van der Waals surface area contributed by atoms with E-state index in [1.807, 2.05) is 12.4 Å². The largest absolute Gasteiger partial charge is 0.468 e. The van der Waals surface area contributed by atoms with Gasteiger partial charge in [-0.3, -0.25) is 9.89 Å². The summed E-state index contributed by atoms with van der Waals surface area (Å²) in [6, 6.07) is 4.26. The molecule has 0 amide bonds. The zero-order valence-corrected chi connectivity index (χ0v) is 22.2. The fourth-order valence-corrected chi connectivity index (χ4v) is 4.94. The van der Waals surface area contributed by atoms with Crippen LogP contribution in [0.4, 0.5) is 0 Å². The molecule has 2 aromatic heterocycles. The maximum Gasteiger partial charge on any atom is 0.191 e. The highest BCUT2D eigenvalue weighted by molar-refractivity contribution is 14.0. The van der Waals surface area contributed by atoms with Crippen molar-refractivity contribution >= 4 is 29.9 Å². The number of likely N-dealkylation sites (tertiary alicyclic amines) is 1. The minimum absolute atomic E-state index is 0. The molecule has 184 valence electrons. The molecule has 0 spiro atoms. The van der Waals surface area contributed by atoms with Crippen LogP contribution in [-0.4, -0.2) is 58.3 Å². The zero-order chi connectivity index (χ0) is 22.0. The first kappa shape index (κ1) is 26.0. The second-order valence-electron chi connectivity index (χ2n) is 9.07. The number of furan rings is 1. The van der Waals surface area contributed by atoms with E-state index in [-0.39, 0.29) is 30.0 Å². The smallest absolute Gasteiger partial charge is 0.191 e. The predicted molar refractivity (Wildman–Crippen MR) is 142 cm³/mol. The minimum atomic E-state index is 0. The second kappa shape index (κ2) is 13.9. The molecule has 4 rings (SSSR count). The van der Waals surface area contributed by atoms with Crippen molar-refractivity contribution in [3.8, 4) is 0 Å². The van der Waals surface area contributed by atoms with Crippen LogP contribution in [-0.2, 0) is 13.0 Å². The highest BCUT2D eigenvalue weighted by atomic mass is 127. The van der Waals surface area contributed by atoms with Crippen molar-refractivity contribution in [1.29, 1.82) is 0 Å². The summed E-state index contributed by atoms with van der Waals surface area (Å²) in [4.78, 5) is 7.53. The van der Waals surface area contributed by atoms with Gasteiger partial charge >= 0.3 is 0 Å². The normalized spacial score (nSPS) is 18.8. The first-order valence-corrected chi connectivity index (χ1v) is 12.5. The van der Waals surface area contributed by atoms with E-state index in [2.05, 4.69) is 43.3 Å². The van der Waals surface area contributed by atoms with Gasteiger partial charge in [0.1, 0.15) is 17.9 Å². The summed E-state index contributed by atoms with van der Waals surface area (Å²) in [5.41, 5.74) is 0. The maximum atomic E-state index is 5.78. The molecule has 1 aliphatic carbocycles. The molecule has 1 unspecified atom stereocenters. The Bertz CT molecular complexity index is 811. The van der Waals surface area contributed by atoms with Gasteiger partial charge in [-0.15, -0.1) is 34.2 Å². The standard InChI is InChI=1S/C24H39N7O.HI/c1-2-23-29-28-19-31(23)15-12-25-24(26-17-20-9-4-3-5-10-20)27-18-21(22-11-8-16-32-22)30-13-6-7-14-30;/h8,11,16,19-21H,2-7,9-10,12-15,17-18H2,1H3,(H2,25,26,27);1H. The average molecular weight is 570 g/mol. The van der Waals surface area contributed by atoms with Crippen LogP contribution in [0.25, 0.3) is 0 Å². The number of nitrogens with zero attached hydrogens (tertiary/aromatic N) is 5. The van der Waals surface area contributed by atoms with Crippen molar-refractivity contribution in [2.75, 3.05) is 32.7 Å². The molecule has 0 bridgehead atoms. The molecule has 1 aliphatic heterocycles. The van der Waals surface area contributed by atoms with Gasteiger partial charge in [0.05, 0.1) is 18.8 Å². The van der Waals surface area contributed by atoms with Crippen molar-refractivity contribution in [1.82, 2.24) is 30.3 Å². The Hall–Kier alpha value is -1.62. The second-order valence-corrected chi connectivity index (χ2v) is 9.07. The fourth-order valence-electron chi connectivity index (χ4n) is 4.94. The van der Waals surface area contributed by atoms with Crippen LogP contribution < -0.4 is 10.6 Å². The molecule has 1 saturated heterocycles. The number of hydrogen-bond donors (Lipinski definition) is 2. The Morgan fingerprint density at radius 3 is 2.73 bits per heavy atom. The first-order valence-electron chi connectivity index (χ1n) is 12.5. The molecule has 8 nitrogen and oxygen atoms in total. The number of nitrogens with one attached hydrogen (secondary N) is 2. The van der Waals surface area contributed by atoms with Crippen LogP contribution in [0.15, 0.2) is 34.1 Å². The van der Waals surface area contributed by atoms with Crippen molar-refractivity contribution in [3.63, 3.8) is 0 Å². The molecule has 2 fully saturated rings. The number of aryl methyl sites for hydroxylation is 1. The summed E-state index contributed by atoms with van der Waals surface area (Å²) in [6.45, 7) is 7.65. The number of aliphatic imine (C=N–C) groups is 1. The lowest BCUT2D eigenvalue weighted by atomic mass is 9.89. The van der Waals surface area contributed by atoms with E-state index < -0.39 is 0 Å². The van der Waals surface area contributed by atoms with Crippen LogP contribution >= 0.6 is 24.0 Å². The Kier molecular flexibility index (Phi) is 11.0. The molecule has 2 N–H and O–H groups in total. The van der Waals surface area contributed by atoms with Gasteiger partial charge in [0.2, 0.25) is 0 Å². The summed E-state index contributed by atoms with van der Waals surface area (Å²) >= 11 is 0. The van der Waals surface area contributed by atoms with E-state index in [0.717, 1.165) is 62.6 Å². The highest BCUT2D eigenvalue weighted by Crippen LogP contribution is 2.26. The van der Waals surface area contributed by atoms with E-state index in [0.29, 0.717) is 6.54 Å². The fraction of sp³-hybridized carbons (Fsp3) is 0.708. The lowest BCUT2D eigenvalue weighted by Crippen LogP contribution is -2.42. The van der Waals surface area contributed by atoms with E-state index in [1.165, 1.54) is 44.9 Å². The van der Waals surface area contributed by atoms with E-state index in [9.17, 15) is 0 Å². The molecular weight excluding hydrogens is 529 g/mol. The van der Waals surface area contributed by atoms with E-state index in [1.54, 1.807) is 6.26 Å². The first-order chi connectivity index (χ1) is 15.8. The van der Waals surface area contributed by atoms with Crippen LogP contribution in [0.3, 0.4) is 0 Å². The molecule has 3 heterocycles. The lowest BCUT2D eigenvalue weighted by Gasteiger charge is -2.26. The van der Waals surface area contributed by atoms with Gasteiger partial charge in [0.15, 0.2) is 5.96 Å². The summed E-state index contributed by atoms with van der Waals surface area (Å²) in [5.74, 6) is 3.68. The van der Waals surface area contributed by atoms with Crippen molar-refractivity contribution < 1.29 is 4.42 Å². The minimum Gasteiger partial charge on any atom is -0.468 e. The quantitative estimate of drug-likeness (QED) is 0.256. The van der Waals surface area contributed by atoms with Crippen LogP contribution in [0.2, 0.25) is 0 Å². The predicted octanol–water partition coefficient (Wildman–Crippen LogP) is 4.00. The van der Waals surface area contributed by atoms with Crippen molar-refractivity contribution in [3.05, 3.63) is 36.3 Å². The molecule has 2 aromatic rings. The van der Waals surface area contributed by atoms with Crippen molar-refractivity contribution in [2.24, 2.45) is 10.9 Å². The number of halogens is 1. The van der Waals surface area contributed by atoms with Gasteiger partial charge in [-0.25, -0.2) is 0 Å². The maximum absolute atomic E-state index is 5.78. The summed E-state index contributed by atoms with van der Waals surface area (Å²) in [6.07, 6.45) is 13.7. The van der Waals surface area contributed by atoms with E-state index in [4.69, 9.17) is 9.41 Å². The van der Waals surface area contributed by atoms with Gasteiger partial charge in [0.25, 0.3) is 0 Å².